The summed E-state index contributed by atoms with van der Waals surface area (Å²) in [5.41, 5.74) is 6.34. The van der Waals surface area contributed by atoms with Crippen molar-refractivity contribution >= 4 is 22.7 Å². The maximum atomic E-state index is 4.86. The van der Waals surface area contributed by atoms with E-state index in [2.05, 4.69) is 72.1 Å². The maximum absolute atomic E-state index is 4.86. The second-order valence-corrected chi connectivity index (χ2v) is 7.79. The fourth-order valence-electron chi connectivity index (χ4n) is 4.65. The van der Waals surface area contributed by atoms with Crippen molar-refractivity contribution in [2.45, 2.75) is 44.1 Å². The molecule has 1 fully saturated rings. The van der Waals surface area contributed by atoms with Crippen molar-refractivity contribution < 1.29 is 0 Å². The maximum Gasteiger partial charge on any atom is 0.0709 e. The predicted octanol–water partition coefficient (Wildman–Crippen LogP) is 5.58. The first kappa shape index (κ1) is 15.6. The minimum Gasteiger partial charge on any atom is -0.379 e. The summed E-state index contributed by atoms with van der Waals surface area (Å²) in [6, 6.07) is 21.5. The van der Waals surface area contributed by atoms with Crippen LogP contribution in [-0.4, -0.2) is 10.5 Å². The molecule has 2 heteroatoms. The van der Waals surface area contributed by atoms with Gasteiger partial charge in [-0.15, -0.1) is 0 Å². The molecule has 26 heavy (non-hydrogen) atoms. The number of fused-ring (bicyclic) bond motifs is 2. The molecular formula is C24H24N2. The zero-order valence-electron chi connectivity index (χ0n) is 15.0. The number of pyridine rings is 1. The summed E-state index contributed by atoms with van der Waals surface area (Å²) in [6.45, 7) is 0. The summed E-state index contributed by atoms with van der Waals surface area (Å²) < 4.78 is 0. The first-order chi connectivity index (χ1) is 12.8. The molecule has 0 amide bonds. The van der Waals surface area contributed by atoms with Crippen LogP contribution in [0.1, 0.15) is 48.9 Å². The largest absolute Gasteiger partial charge is 0.379 e. The van der Waals surface area contributed by atoms with E-state index in [-0.39, 0.29) is 5.54 Å². The zero-order valence-corrected chi connectivity index (χ0v) is 15.0. The molecule has 1 aromatic heterocycles. The fraction of sp³-hybridized carbons (Fsp3) is 0.292. The molecule has 2 aliphatic rings. The molecule has 130 valence electrons. The Hall–Kier alpha value is -2.61. The van der Waals surface area contributed by atoms with Crippen LogP contribution in [0.4, 0.5) is 0 Å². The monoisotopic (exact) mass is 340 g/mol. The molecular weight excluding hydrogens is 316 g/mol. The summed E-state index contributed by atoms with van der Waals surface area (Å²) >= 11 is 0. The van der Waals surface area contributed by atoms with Crippen LogP contribution in [0.5, 0.6) is 0 Å². The fourth-order valence-corrected chi connectivity index (χ4v) is 4.65. The highest BCUT2D eigenvalue weighted by molar-refractivity contribution is 5.85. The molecule has 3 aromatic rings. The lowest BCUT2D eigenvalue weighted by Gasteiger charge is -2.44. The van der Waals surface area contributed by atoms with Crippen LogP contribution in [0.3, 0.4) is 0 Å². The Kier molecular flexibility index (Phi) is 3.77. The van der Waals surface area contributed by atoms with E-state index in [1.807, 2.05) is 0 Å². The third-order valence-corrected chi connectivity index (χ3v) is 5.96. The lowest BCUT2D eigenvalue weighted by atomic mass is 9.74. The van der Waals surface area contributed by atoms with Crippen LogP contribution in [0.2, 0.25) is 0 Å². The normalized spacial score (nSPS) is 20.1. The molecule has 5 rings (SSSR count). The number of nitrogens with zero attached hydrogens (tertiary/aromatic N) is 1. The van der Waals surface area contributed by atoms with E-state index < -0.39 is 0 Å². The average molecular weight is 340 g/mol. The number of nitrogens with one attached hydrogen (secondary N) is 1. The Bertz CT molecular complexity index is 980. The van der Waals surface area contributed by atoms with E-state index in [4.69, 9.17) is 4.98 Å². The van der Waals surface area contributed by atoms with Gasteiger partial charge < -0.3 is 5.32 Å². The first-order valence-corrected chi connectivity index (χ1v) is 9.75. The van der Waals surface area contributed by atoms with Crippen molar-refractivity contribution in [3.8, 4) is 0 Å². The molecule has 1 aliphatic heterocycles. The topological polar surface area (TPSA) is 24.9 Å². The van der Waals surface area contributed by atoms with Crippen molar-refractivity contribution in [1.29, 1.82) is 0 Å². The number of para-hydroxylation sites is 1. The molecule has 0 saturated heterocycles. The Morgan fingerprint density at radius 2 is 1.65 bits per heavy atom. The molecule has 2 heterocycles. The van der Waals surface area contributed by atoms with Crippen LogP contribution in [0.25, 0.3) is 22.7 Å². The van der Waals surface area contributed by atoms with E-state index >= 15 is 0 Å². The highest BCUT2D eigenvalue weighted by Crippen LogP contribution is 2.39. The van der Waals surface area contributed by atoms with Gasteiger partial charge in [0.25, 0.3) is 0 Å². The second kappa shape index (κ2) is 6.28. The molecule has 1 aliphatic carbocycles. The molecule has 1 spiro atoms. The highest BCUT2D eigenvalue weighted by Gasteiger charge is 2.36. The molecule has 1 N–H and O–H groups in total. The minimum atomic E-state index is 0.231. The zero-order chi connectivity index (χ0) is 17.4. The molecule has 1 saturated carbocycles. The number of aromatic nitrogens is 1. The number of rotatable bonds is 1. The summed E-state index contributed by atoms with van der Waals surface area (Å²) in [5.74, 6) is 0. The third kappa shape index (κ3) is 2.80. The van der Waals surface area contributed by atoms with Crippen LogP contribution in [-0.2, 0) is 6.42 Å². The van der Waals surface area contributed by atoms with Crippen molar-refractivity contribution in [3.63, 3.8) is 0 Å². The Balaban J connectivity index is 1.59. The number of hydrogen-bond acceptors (Lipinski definition) is 2. The summed E-state index contributed by atoms with van der Waals surface area (Å²) in [6.07, 6.45) is 9.95. The van der Waals surface area contributed by atoms with Gasteiger partial charge in [-0.25, -0.2) is 4.98 Å². The lowest BCUT2D eigenvalue weighted by molar-refractivity contribution is 0.253. The van der Waals surface area contributed by atoms with Gasteiger partial charge in [0.05, 0.1) is 11.2 Å². The van der Waals surface area contributed by atoms with Crippen molar-refractivity contribution in [3.05, 3.63) is 77.5 Å². The van der Waals surface area contributed by atoms with Gasteiger partial charge in [0.15, 0.2) is 0 Å². The average Bonchev–Trinajstić information content (AvgIpc) is 2.68. The van der Waals surface area contributed by atoms with Gasteiger partial charge in [-0.3, -0.25) is 0 Å². The molecule has 0 atom stereocenters. The summed E-state index contributed by atoms with van der Waals surface area (Å²) in [4.78, 5) is 4.86. The van der Waals surface area contributed by atoms with Crippen molar-refractivity contribution in [2.24, 2.45) is 0 Å². The Labute approximate surface area is 155 Å². The van der Waals surface area contributed by atoms with E-state index in [0.29, 0.717) is 0 Å². The van der Waals surface area contributed by atoms with E-state index in [1.54, 1.807) is 0 Å². The first-order valence-electron chi connectivity index (χ1n) is 9.75. The smallest absolute Gasteiger partial charge is 0.0709 e. The second-order valence-electron chi connectivity index (χ2n) is 7.79. The number of hydrogen-bond donors (Lipinski definition) is 1. The van der Waals surface area contributed by atoms with Gasteiger partial charge in [-0.05, 0) is 43.0 Å². The molecule has 0 unspecified atom stereocenters. The lowest BCUT2D eigenvalue weighted by Crippen LogP contribution is -2.50. The SMILES string of the molecule is C(=C1NC2(CCCCC2)Cc2ccccc21)c1ccc2ccccc2n1. The quantitative estimate of drug-likeness (QED) is 0.625. The Morgan fingerprint density at radius 3 is 2.58 bits per heavy atom. The van der Waals surface area contributed by atoms with Gasteiger partial charge in [0, 0.05) is 22.2 Å². The standard InChI is InChI=1S/C24H24N2/c1-6-14-24(15-7-1)17-19-9-2-4-10-21(19)23(26-24)16-20-13-12-18-8-3-5-11-22(18)25-20/h2-5,8-13,16,26H,1,6-7,14-15,17H2. The minimum absolute atomic E-state index is 0.231. The van der Waals surface area contributed by atoms with Crippen LogP contribution < -0.4 is 5.32 Å². The van der Waals surface area contributed by atoms with Gasteiger partial charge in [0.1, 0.15) is 0 Å². The van der Waals surface area contributed by atoms with Crippen LogP contribution >= 0.6 is 0 Å². The van der Waals surface area contributed by atoms with Gasteiger partial charge in [-0.1, -0.05) is 67.8 Å². The number of benzene rings is 2. The van der Waals surface area contributed by atoms with E-state index in [0.717, 1.165) is 17.6 Å². The third-order valence-electron chi connectivity index (χ3n) is 5.96. The van der Waals surface area contributed by atoms with Crippen molar-refractivity contribution in [1.82, 2.24) is 10.3 Å². The van der Waals surface area contributed by atoms with Gasteiger partial charge in [0.2, 0.25) is 0 Å². The van der Waals surface area contributed by atoms with Crippen molar-refractivity contribution in [2.75, 3.05) is 0 Å². The van der Waals surface area contributed by atoms with E-state index in [1.165, 1.54) is 54.3 Å². The van der Waals surface area contributed by atoms with Crippen LogP contribution in [0, 0.1) is 0 Å². The Morgan fingerprint density at radius 1 is 0.846 bits per heavy atom. The predicted molar refractivity (Wildman–Crippen MR) is 109 cm³/mol. The highest BCUT2D eigenvalue weighted by atomic mass is 15.0. The molecule has 0 bridgehead atoms. The van der Waals surface area contributed by atoms with Gasteiger partial charge in [-0.2, -0.15) is 0 Å². The molecule has 2 aromatic carbocycles. The summed E-state index contributed by atoms with van der Waals surface area (Å²) in [5, 5.41) is 5.13. The summed E-state index contributed by atoms with van der Waals surface area (Å²) in [7, 11) is 0. The van der Waals surface area contributed by atoms with E-state index in [9.17, 15) is 0 Å². The van der Waals surface area contributed by atoms with Gasteiger partial charge >= 0.3 is 0 Å². The molecule has 0 radical (unpaired) electrons. The molecule has 2 nitrogen and oxygen atoms in total. The van der Waals surface area contributed by atoms with Crippen LogP contribution in [0.15, 0.2) is 60.7 Å².